The van der Waals surface area contributed by atoms with Gasteiger partial charge < -0.3 is 14.7 Å². The molecule has 0 spiro atoms. The van der Waals surface area contributed by atoms with Gasteiger partial charge in [0.1, 0.15) is 0 Å². The zero-order valence-corrected chi connectivity index (χ0v) is 9.82. The first-order valence-electron chi connectivity index (χ1n) is 5.12. The lowest BCUT2D eigenvalue weighted by Crippen LogP contribution is -2.11. The molecule has 0 aliphatic rings. The van der Waals surface area contributed by atoms with Crippen LogP contribution in [0, 0.1) is 0 Å². The van der Waals surface area contributed by atoms with Crippen LogP contribution in [0.2, 0.25) is 0 Å². The van der Waals surface area contributed by atoms with Gasteiger partial charge >= 0.3 is 0 Å². The van der Waals surface area contributed by atoms with Crippen LogP contribution in [0.25, 0.3) is 0 Å². The molecule has 0 aliphatic heterocycles. The molecule has 0 fully saturated rings. The summed E-state index contributed by atoms with van der Waals surface area (Å²) in [5, 5.41) is 9.58. The van der Waals surface area contributed by atoms with E-state index in [4.69, 9.17) is 4.74 Å². The minimum atomic E-state index is 0.0745. The molecule has 0 saturated heterocycles. The van der Waals surface area contributed by atoms with E-state index >= 15 is 0 Å². The van der Waals surface area contributed by atoms with E-state index in [1.54, 1.807) is 6.07 Å². The Morgan fingerprint density at radius 3 is 2.53 bits per heavy atom. The highest BCUT2D eigenvalue weighted by Crippen LogP contribution is 2.28. The van der Waals surface area contributed by atoms with E-state index in [1.165, 1.54) is 0 Å². The quantitative estimate of drug-likeness (QED) is 0.825. The topological polar surface area (TPSA) is 32.7 Å². The minimum absolute atomic E-state index is 0.0745. The minimum Gasteiger partial charge on any atom is -0.504 e. The van der Waals surface area contributed by atoms with E-state index in [1.807, 2.05) is 40.1 Å². The predicted octanol–water partition coefficient (Wildman–Crippen LogP) is 2.24. The van der Waals surface area contributed by atoms with Gasteiger partial charge in [0.15, 0.2) is 11.5 Å². The second kappa shape index (κ2) is 5.03. The average Bonchev–Trinajstić information content (AvgIpc) is 2.09. The summed E-state index contributed by atoms with van der Waals surface area (Å²) >= 11 is 0. The zero-order valence-electron chi connectivity index (χ0n) is 9.82. The number of hydrogen-bond acceptors (Lipinski definition) is 3. The van der Waals surface area contributed by atoms with Crippen molar-refractivity contribution in [3.05, 3.63) is 23.8 Å². The SMILES string of the molecule is CC(C)Oc1cc(CN(C)C)ccc1O. The van der Waals surface area contributed by atoms with E-state index in [0.717, 1.165) is 12.1 Å². The molecule has 0 saturated carbocycles. The second-order valence-electron chi connectivity index (χ2n) is 4.21. The van der Waals surface area contributed by atoms with Gasteiger partial charge in [0.2, 0.25) is 0 Å². The number of rotatable bonds is 4. The number of phenolic OH excluding ortho intramolecular Hbond substituents is 1. The van der Waals surface area contributed by atoms with Crippen LogP contribution >= 0.6 is 0 Å². The third-order valence-electron chi connectivity index (χ3n) is 1.89. The van der Waals surface area contributed by atoms with E-state index < -0.39 is 0 Å². The van der Waals surface area contributed by atoms with E-state index in [9.17, 15) is 5.11 Å². The summed E-state index contributed by atoms with van der Waals surface area (Å²) in [7, 11) is 4.02. The van der Waals surface area contributed by atoms with Crippen molar-refractivity contribution in [2.24, 2.45) is 0 Å². The Hall–Kier alpha value is -1.22. The molecule has 15 heavy (non-hydrogen) atoms. The molecule has 3 nitrogen and oxygen atoms in total. The Morgan fingerprint density at radius 1 is 1.33 bits per heavy atom. The first-order chi connectivity index (χ1) is 6.99. The van der Waals surface area contributed by atoms with Crippen LogP contribution in [0.1, 0.15) is 19.4 Å². The Morgan fingerprint density at radius 2 is 2.00 bits per heavy atom. The van der Waals surface area contributed by atoms with Gasteiger partial charge in [-0.2, -0.15) is 0 Å². The van der Waals surface area contributed by atoms with Crippen LogP contribution in [0.15, 0.2) is 18.2 Å². The van der Waals surface area contributed by atoms with Crippen LogP contribution in [-0.2, 0) is 6.54 Å². The number of benzene rings is 1. The molecule has 0 bridgehead atoms. The Labute approximate surface area is 91.3 Å². The van der Waals surface area contributed by atoms with Gasteiger partial charge in [0.25, 0.3) is 0 Å². The fourth-order valence-corrected chi connectivity index (χ4v) is 1.37. The van der Waals surface area contributed by atoms with Gasteiger partial charge in [0, 0.05) is 6.54 Å². The monoisotopic (exact) mass is 209 g/mol. The maximum atomic E-state index is 9.58. The zero-order chi connectivity index (χ0) is 11.4. The molecule has 0 radical (unpaired) electrons. The van der Waals surface area contributed by atoms with Crippen LogP contribution in [0.5, 0.6) is 11.5 Å². The van der Waals surface area contributed by atoms with E-state index in [2.05, 4.69) is 4.90 Å². The standard InChI is InChI=1S/C12H19NO2/c1-9(2)15-12-7-10(8-13(3)4)5-6-11(12)14/h5-7,9,14H,8H2,1-4H3. The third kappa shape index (κ3) is 3.80. The Balaban J connectivity index is 2.85. The smallest absolute Gasteiger partial charge is 0.161 e. The van der Waals surface area contributed by atoms with Gasteiger partial charge in [-0.1, -0.05) is 6.07 Å². The van der Waals surface area contributed by atoms with Crippen molar-refractivity contribution in [2.75, 3.05) is 14.1 Å². The molecule has 0 heterocycles. The molecule has 0 aromatic heterocycles. The number of nitrogens with zero attached hydrogens (tertiary/aromatic N) is 1. The molecule has 3 heteroatoms. The molecule has 84 valence electrons. The first kappa shape index (κ1) is 11.9. The van der Waals surface area contributed by atoms with E-state index in [-0.39, 0.29) is 11.9 Å². The van der Waals surface area contributed by atoms with Gasteiger partial charge in [-0.05, 0) is 45.6 Å². The molecule has 1 N–H and O–H groups in total. The van der Waals surface area contributed by atoms with Gasteiger partial charge in [-0.15, -0.1) is 0 Å². The van der Waals surface area contributed by atoms with Crippen molar-refractivity contribution in [2.45, 2.75) is 26.5 Å². The summed E-state index contributed by atoms with van der Waals surface area (Å²) in [6, 6.07) is 5.47. The van der Waals surface area contributed by atoms with Crippen molar-refractivity contribution in [1.82, 2.24) is 4.90 Å². The van der Waals surface area contributed by atoms with Crippen molar-refractivity contribution < 1.29 is 9.84 Å². The van der Waals surface area contributed by atoms with Crippen molar-refractivity contribution in [3.8, 4) is 11.5 Å². The van der Waals surface area contributed by atoms with Crippen LogP contribution in [0.4, 0.5) is 0 Å². The molecule has 0 atom stereocenters. The highest BCUT2D eigenvalue weighted by molar-refractivity contribution is 5.41. The highest BCUT2D eigenvalue weighted by atomic mass is 16.5. The lowest BCUT2D eigenvalue weighted by molar-refractivity contribution is 0.231. The Kier molecular flexibility index (Phi) is 3.97. The predicted molar refractivity (Wildman–Crippen MR) is 61.3 cm³/mol. The van der Waals surface area contributed by atoms with Crippen LogP contribution in [-0.4, -0.2) is 30.2 Å². The van der Waals surface area contributed by atoms with Gasteiger partial charge in [0.05, 0.1) is 6.10 Å². The molecule has 1 rings (SSSR count). The van der Waals surface area contributed by atoms with Crippen molar-refractivity contribution >= 4 is 0 Å². The van der Waals surface area contributed by atoms with Crippen LogP contribution in [0.3, 0.4) is 0 Å². The maximum absolute atomic E-state index is 9.58. The molecule has 1 aromatic rings. The van der Waals surface area contributed by atoms with Crippen molar-refractivity contribution in [1.29, 1.82) is 0 Å². The van der Waals surface area contributed by atoms with Gasteiger partial charge in [-0.25, -0.2) is 0 Å². The highest BCUT2D eigenvalue weighted by Gasteiger charge is 2.06. The Bertz CT molecular complexity index is 321. The summed E-state index contributed by atoms with van der Waals surface area (Å²) < 4.78 is 5.50. The van der Waals surface area contributed by atoms with Crippen molar-refractivity contribution in [3.63, 3.8) is 0 Å². The second-order valence-corrected chi connectivity index (χ2v) is 4.21. The summed E-state index contributed by atoms with van der Waals surface area (Å²) in [6.45, 7) is 4.73. The number of hydrogen-bond donors (Lipinski definition) is 1. The van der Waals surface area contributed by atoms with E-state index in [0.29, 0.717) is 5.75 Å². The lowest BCUT2D eigenvalue weighted by Gasteiger charge is -2.14. The van der Waals surface area contributed by atoms with Gasteiger partial charge in [-0.3, -0.25) is 0 Å². The lowest BCUT2D eigenvalue weighted by atomic mass is 10.2. The molecule has 0 unspecified atom stereocenters. The number of aromatic hydroxyl groups is 1. The molecular weight excluding hydrogens is 190 g/mol. The normalized spacial score (nSPS) is 11.1. The molecule has 0 aliphatic carbocycles. The molecule has 1 aromatic carbocycles. The average molecular weight is 209 g/mol. The first-order valence-corrected chi connectivity index (χ1v) is 5.12. The fourth-order valence-electron chi connectivity index (χ4n) is 1.37. The third-order valence-corrected chi connectivity index (χ3v) is 1.89. The molecular formula is C12H19NO2. The number of phenols is 1. The summed E-state index contributed by atoms with van der Waals surface area (Å²) in [6.07, 6.45) is 0.0745. The largest absolute Gasteiger partial charge is 0.504 e. The summed E-state index contributed by atoms with van der Waals surface area (Å²) in [4.78, 5) is 2.07. The molecule has 0 amide bonds. The van der Waals surface area contributed by atoms with Crippen LogP contribution < -0.4 is 4.74 Å². The summed E-state index contributed by atoms with van der Waals surface area (Å²) in [5.41, 5.74) is 1.13. The fraction of sp³-hybridized carbons (Fsp3) is 0.500. The number of ether oxygens (including phenoxy) is 1. The summed E-state index contributed by atoms with van der Waals surface area (Å²) in [5.74, 6) is 0.760. The maximum Gasteiger partial charge on any atom is 0.161 e.